The van der Waals surface area contributed by atoms with Gasteiger partial charge in [0.1, 0.15) is 0 Å². The summed E-state index contributed by atoms with van der Waals surface area (Å²) in [6.07, 6.45) is 0. The van der Waals surface area contributed by atoms with Crippen molar-refractivity contribution in [1.82, 2.24) is 10.5 Å². The topological polar surface area (TPSA) is 47.3 Å². The number of hydrogen-bond donors (Lipinski definition) is 1. The van der Waals surface area contributed by atoms with Gasteiger partial charge >= 0.3 is 0 Å². The first-order valence-corrected chi connectivity index (χ1v) is 6.86. The SMILES string of the molecule is COCCNCc1cc(-c2cc(Br)cs2)on1. The van der Waals surface area contributed by atoms with E-state index in [0.29, 0.717) is 13.2 Å². The zero-order valence-electron chi connectivity index (χ0n) is 9.40. The lowest BCUT2D eigenvalue weighted by Crippen LogP contribution is -2.18. The number of thiophene rings is 1. The van der Waals surface area contributed by atoms with E-state index in [2.05, 4.69) is 26.4 Å². The third-order valence-electron chi connectivity index (χ3n) is 2.16. The lowest BCUT2D eigenvalue weighted by Gasteiger charge is -1.99. The summed E-state index contributed by atoms with van der Waals surface area (Å²) in [6, 6.07) is 3.98. The molecule has 2 aromatic heterocycles. The first-order chi connectivity index (χ1) is 8.29. The van der Waals surface area contributed by atoms with E-state index in [9.17, 15) is 0 Å². The second kappa shape index (κ2) is 6.30. The fourth-order valence-corrected chi connectivity index (χ4v) is 2.72. The minimum atomic E-state index is 0.694. The first kappa shape index (κ1) is 12.8. The van der Waals surface area contributed by atoms with E-state index in [-0.39, 0.29) is 0 Å². The third kappa shape index (κ3) is 3.64. The van der Waals surface area contributed by atoms with Crippen LogP contribution in [0.5, 0.6) is 0 Å². The highest BCUT2D eigenvalue weighted by Gasteiger charge is 2.08. The molecule has 2 rings (SSSR count). The van der Waals surface area contributed by atoms with Gasteiger partial charge in [0.15, 0.2) is 5.76 Å². The molecule has 0 aliphatic rings. The van der Waals surface area contributed by atoms with Crippen LogP contribution in [-0.2, 0) is 11.3 Å². The molecule has 0 bridgehead atoms. The zero-order valence-corrected chi connectivity index (χ0v) is 11.8. The van der Waals surface area contributed by atoms with Gasteiger partial charge in [-0.1, -0.05) is 5.16 Å². The van der Waals surface area contributed by atoms with Gasteiger partial charge in [0.05, 0.1) is 17.2 Å². The largest absolute Gasteiger partial charge is 0.383 e. The Labute approximate surface area is 112 Å². The summed E-state index contributed by atoms with van der Waals surface area (Å²) >= 11 is 5.04. The van der Waals surface area contributed by atoms with Crippen LogP contribution in [0.2, 0.25) is 0 Å². The predicted molar refractivity (Wildman–Crippen MR) is 71.1 cm³/mol. The highest BCUT2D eigenvalue weighted by atomic mass is 79.9. The molecule has 0 saturated carbocycles. The number of ether oxygens (including phenoxy) is 1. The van der Waals surface area contributed by atoms with Gasteiger partial charge in [-0.15, -0.1) is 11.3 Å². The fraction of sp³-hybridized carbons (Fsp3) is 0.364. The van der Waals surface area contributed by atoms with Crippen LogP contribution in [0.3, 0.4) is 0 Å². The van der Waals surface area contributed by atoms with E-state index in [0.717, 1.165) is 27.3 Å². The molecule has 0 saturated heterocycles. The first-order valence-electron chi connectivity index (χ1n) is 5.19. The van der Waals surface area contributed by atoms with E-state index >= 15 is 0 Å². The Morgan fingerprint density at radius 1 is 1.53 bits per heavy atom. The maximum absolute atomic E-state index is 5.29. The molecule has 0 amide bonds. The van der Waals surface area contributed by atoms with Crippen LogP contribution in [0.4, 0.5) is 0 Å². The Hall–Kier alpha value is -0.690. The number of hydrogen-bond acceptors (Lipinski definition) is 5. The number of methoxy groups -OCH3 is 1. The van der Waals surface area contributed by atoms with Crippen molar-refractivity contribution < 1.29 is 9.26 Å². The Bertz CT molecular complexity index is 469. The van der Waals surface area contributed by atoms with Crippen LogP contribution in [0.25, 0.3) is 10.6 Å². The van der Waals surface area contributed by atoms with Gasteiger partial charge in [-0.2, -0.15) is 0 Å². The molecule has 92 valence electrons. The minimum absolute atomic E-state index is 0.694. The minimum Gasteiger partial charge on any atom is -0.383 e. The molecule has 6 heteroatoms. The molecule has 0 spiro atoms. The maximum atomic E-state index is 5.29. The number of nitrogens with one attached hydrogen (secondary N) is 1. The molecule has 0 aliphatic carbocycles. The smallest absolute Gasteiger partial charge is 0.177 e. The maximum Gasteiger partial charge on any atom is 0.177 e. The van der Waals surface area contributed by atoms with Gasteiger partial charge in [-0.25, -0.2) is 0 Å². The van der Waals surface area contributed by atoms with Crippen LogP contribution in [0.15, 0.2) is 26.5 Å². The quantitative estimate of drug-likeness (QED) is 0.832. The lowest BCUT2D eigenvalue weighted by atomic mass is 10.3. The Balaban J connectivity index is 1.92. The normalized spacial score (nSPS) is 10.9. The number of nitrogens with zero attached hydrogens (tertiary/aromatic N) is 1. The van der Waals surface area contributed by atoms with Gasteiger partial charge in [0.25, 0.3) is 0 Å². The molecule has 1 N–H and O–H groups in total. The summed E-state index contributed by atoms with van der Waals surface area (Å²) in [6.45, 7) is 2.20. The monoisotopic (exact) mass is 316 g/mol. The van der Waals surface area contributed by atoms with E-state index < -0.39 is 0 Å². The van der Waals surface area contributed by atoms with Crippen molar-refractivity contribution in [3.63, 3.8) is 0 Å². The molecule has 0 atom stereocenters. The predicted octanol–water partition coefficient (Wildman–Crippen LogP) is 2.90. The number of aromatic nitrogens is 1. The van der Waals surface area contributed by atoms with E-state index in [4.69, 9.17) is 9.26 Å². The average Bonchev–Trinajstić information content (AvgIpc) is 2.93. The highest BCUT2D eigenvalue weighted by molar-refractivity contribution is 9.10. The van der Waals surface area contributed by atoms with Crippen LogP contribution in [-0.4, -0.2) is 25.4 Å². The van der Waals surface area contributed by atoms with Gasteiger partial charge in [0, 0.05) is 36.1 Å². The van der Waals surface area contributed by atoms with Crippen molar-refractivity contribution in [2.24, 2.45) is 0 Å². The van der Waals surface area contributed by atoms with Crippen molar-refractivity contribution in [1.29, 1.82) is 0 Å². The van der Waals surface area contributed by atoms with Crippen molar-refractivity contribution in [3.8, 4) is 10.6 Å². The highest BCUT2D eigenvalue weighted by Crippen LogP contribution is 2.30. The van der Waals surface area contributed by atoms with Crippen LogP contribution >= 0.6 is 27.3 Å². The molecule has 2 aromatic rings. The van der Waals surface area contributed by atoms with Gasteiger partial charge in [-0.3, -0.25) is 0 Å². The molecular weight excluding hydrogens is 304 g/mol. The third-order valence-corrected chi connectivity index (χ3v) is 3.86. The molecule has 2 heterocycles. The van der Waals surface area contributed by atoms with Crippen LogP contribution in [0, 0.1) is 0 Å². The number of halogens is 1. The summed E-state index contributed by atoms with van der Waals surface area (Å²) < 4.78 is 11.3. The van der Waals surface area contributed by atoms with E-state index in [1.165, 1.54) is 0 Å². The second-order valence-electron chi connectivity index (χ2n) is 3.48. The molecule has 0 radical (unpaired) electrons. The molecule has 0 fully saturated rings. The average molecular weight is 317 g/mol. The van der Waals surface area contributed by atoms with E-state index in [1.807, 2.05) is 17.5 Å². The van der Waals surface area contributed by atoms with Crippen LogP contribution in [0.1, 0.15) is 5.69 Å². The standard InChI is InChI=1S/C11H13BrN2O2S/c1-15-3-2-13-6-9-5-10(16-14-9)11-4-8(12)7-17-11/h4-5,7,13H,2-3,6H2,1H3. The Morgan fingerprint density at radius 2 is 2.41 bits per heavy atom. The molecule has 0 aromatic carbocycles. The molecule has 0 unspecified atom stereocenters. The van der Waals surface area contributed by atoms with E-state index in [1.54, 1.807) is 18.4 Å². The zero-order chi connectivity index (χ0) is 12.1. The molecule has 0 aliphatic heterocycles. The summed E-state index contributed by atoms with van der Waals surface area (Å²) in [7, 11) is 1.69. The Morgan fingerprint density at radius 3 is 3.12 bits per heavy atom. The summed E-state index contributed by atoms with van der Waals surface area (Å²) in [5, 5.41) is 9.25. The summed E-state index contributed by atoms with van der Waals surface area (Å²) in [5.41, 5.74) is 0.903. The summed E-state index contributed by atoms with van der Waals surface area (Å²) in [5.74, 6) is 0.809. The van der Waals surface area contributed by atoms with Gasteiger partial charge < -0.3 is 14.6 Å². The van der Waals surface area contributed by atoms with Crippen molar-refractivity contribution in [2.45, 2.75) is 6.54 Å². The second-order valence-corrected chi connectivity index (χ2v) is 5.31. The van der Waals surface area contributed by atoms with Crippen LogP contribution < -0.4 is 5.32 Å². The van der Waals surface area contributed by atoms with Crippen molar-refractivity contribution >= 4 is 27.3 Å². The van der Waals surface area contributed by atoms with Gasteiger partial charge in [-0.05, 0) is 22.0 Å². The fourth-order valence-electron chi connectivity index (χ4n) is 1.34. The molecular formula is C11H13BrN2O2S. The Kier molecular flexibility index (Phi) is 4.73. The lowest BCUT2D eigenvalue weighted by molar-refractivity contribution is 0.199. The molecule has 17 heavy (non-hydrogen) atoms. The van der Waals surface area contributed by atoms with Crippen molar-refractivity contribution in [2.75, 3.05) is 20.3 Å². The molecule has 4 nitrogen and oxygen atoms in total. The van der Waals surface area contributed by atoms with Crippen molar-refractivity contribution in [3.05, 3.63) is 27.7 Å². The summed E-state index contributed by atoms with van der Waals surface area (Å²) in [4.78, 5) is 1.08. The number of rotatable bonds is 6. The van der Waals surface area contributed by atoms with Gasteiger partial charge in [0.2, 0.25) is 0 Å².